The zero-order chi connectivity index (χ0) is 24.2. The third kappa shape index (κ3) is 7.61. The molecule has 0 aliphatic rings. The summed E-state index contributed by atoms with van der Waals surface area (Å²) in [6.07, 6.45) is 1.17. The molecule has 2 aromatic heterocycles. The van der Waals surface area contributed by atoms with Gasteiger partial charge in [-0.1, -0.05) is 0 Å². The van der Waals surface area contributed by atoms with E-state index in [0.717, 1.165) is 11.3 Å². The Morgan fingerprint density at radius 3 is 2.26 bits per heavy atom. The number of hydrogen-bond donors (Lipinski definition) is 1. The van der Waals surface area contributed by atoms with Crippen molar-refractivity contribution in [3.8, 4) is 21.3 Å². The number of aliphatic hydroxyl groups excluding tert-OH is 1. The standard InChI is InChI=1S/C24H22NSe.C5H8O2.Ir/c1-16-12-19(14-20(13-16)24(2,3)4)21-11-10-18-15-22(26-23(18)25-21)17-8-6-5-7-9-17;1-4(6)3-5(2)7;/h5-11,13-15H,1-4H3;3,6H,1-2H3;/q-1;;/b;4-3-;. The number of carbonyl (C=O) groups excluding carboxylic acids is 1. The third-order valence-electron chi connectivity index (χ3n) is 5.00. The number of aromatic nitrogens is 1. The van der Waals surface area contributed by atoms with E-state index in [-0.39, 0.29) is 51.6 Å². The number of aryl methyl sites for hydroxylation is 1. The van der Waals surface area contributed by atoms with Crippen molar-refractivity contribution in [3.05, 3.63) is 89.7 Å². The van der Waals surface area contributed by atoms with Crippen LogP contribution < -0.4 is 0 Å². The number of benzene rings is 2. The topological polar surface area (TPSA) is 50.2 Å². The molecular weight excluding hydrogens is 666 g/mol. The summed E-state index contributed by atoms with van der Waals surface area (Å²) in [5.41, 5.74) is 6.06. The van der Waals surface area contributed by atoms with Crippen LogP contribution in [0.25, 0.3) is 31.0 Å². The first-order chi connectivity index (χ1) is 15.5. The fourth-order valence-corrected chi connectivity index (χ4v) is 5.57. The van der Waals surface area contributed by atoms with Crippen LogP contribution in [0.1, 0.15) is 45.7 Å². The van der Waals surface area contributed by atoms with E-state index in [1.54, 1.807) is 0 Å². The second-order valence-electron chi connectivity index (χ2n) is 9.18. The van der Waals surface area contributed by atoms with Crippen molar-refractivity contribution >= 4 is 30.1 Å². The average molecular weight is 696 g/mol. The van der Waals surface area contributed by atoms with Gasteiger partial charge in [0.1, 0.15) is 0 Å². The predicted octanol–water partition coefficient (Wildman–Crippen LogP) is 7.07. The van der Waals surface area contributed by atoms with E-state index >= 15 is 0 Å². The Morgan fingerprint density at radius 2 is 1.71 bits per heavy atom. The van der Waals surface area contributed by atoms with Gasteiger partial charge in [-0.2, -0.15) is 0 Å². The van der Waals surface area contributed by atoms with Gasteiger partial charge < -0.3 is 5.11 Å². The van der Waals surface area contributed by atoms with Gasteiger partial charge in [-0.3, -0.25) is 4.79 Å². The molecule has 1 N–H and O–H groups in total. The van der Waals surface area contributed by atoms with Gasteiger partial charge in [0.15, 0.2) is 5.78 Å². The maximum absolute atomic E-state index is 10.0. The summed E-state index contributed by atoms with van der Waals surface area (Å²) in [4.78, 5) is 15.0. The molecule has 3 nitrogen and oxygen atoms in total. The summed E-state index contributed by atoms with van der Waals surface area (Å²) in [6.45, 7) is 11.7. The number of hydrogen-bond acceptors (Lipinski definition) is 3. The van der Waals surface area contributed by atoms with E-state index in [1.807, 2.05) is 0 Å². The Morgan fingerprint density at radius 1 is 1.03 bits per heavy atom. The largest absolute Gasteiger partial charge is 0 e. The monoisotopic (exact) mass is 697 g/mol. The van der Waals surface area contributed by atoms with Gasteiger partial charge in [-0.15, -0.1) is 0 Å². The Kier molecular flexibility index (Phi) is 9.79. The van der Waals surface area contributed by atoms with Crippen LogP contribution in [0.5, 0.6) is 0 Å². The first kappa shape index (κ1) is 27.9. The van der Waals surface area contributed by atoms with E-state index < -0.39 is 0 Å². The van der Waals surface area contributed by atoms with E-state index in [4.69, 9.17) is 10.1 Å². The molecule has 0 unspecified atom stereocenters. The molecule has 2 heterocycles. The quantitative estimate of drug-likeness (QED) is 0.108. The van der Waals surface area contributed by atoms with Crippen molar-refractivity contribution in [2.75, 3.05) is 0 Å². The van der Waals surface area contributed by atoms with Gasteiger partial charge >= 0.3 is 161 Å². The van der Waals surface area contributed by atoms with Crippen LogP contribution in [0.4, 0.5) is 0 Å². The van der Waals surface area contributed by atoms with Crippen LogP contribution in [0, 0.1) is 13.0 Å². The molecule has 0 aliphatic carbocycles. The van der Waals surface area contributed by atoms with Crippen molar-refractivity contribution < 1.29 is 30.0 Å². The first-order valence-corrected chi connectivity index (χ1v) is 12.6. The van der Waals surface area contributed by atoms with Crippen LogP contribution >= 0.6 is 0 Å². The van der Waals surface area contributed by atoms with Gasteiger partial charge in [-0.25, -0.2) is 0 Å². The van der Waals surface area contributed by atoms with Crippen molar-refractivity contribution in [1.82, 2.24) is 4.98 Å². The smallest absolute Gasteiger partial charge is 0 e. The minimum absolute atomic E-state index is 0. The Balaban J connectivity index is 0.000000449. The minimum atomic E-state index is -0.125. The molecule has 0 fully saturated rings. The van der Waals surface area contributed by atoms with Gasteiger partial charge in [0, 0.05) is 26.2 Å². The number of ketones is 1. The molecule has 0 atom stereocenters. The molecule has 1 radical (unpaired) electrons. The van der Waals surface area contributed by atoms with E-state index in [9.17, 15) is 4.79 Å². The summed E-state index contributed by atoms with van der Waals surface area (Å²) in [7, 11) is 0. The number of pyridine rings is 1. The summed E-state index contributed by atoms with van der Waals surface area (Å²) in [6, 6.07) is 25.3. The Bertz CT molecular complexity index is 1300. The molecule has 0 saturated carbocycles. The summed E-state index contributed by atoms with van der Waals surface area (Å²) in [5.74, 6) is -0.0625. The summed E-state index contributed by atoms with van der Waals surface area (Å²) < 4.78 is 2.63. The number of nitrogens with zero attached hydrogens (tertiary/aromatic N) is 1. The SMILES string of the molecule is CC(=O)/C=C(/C)O.Cc1[c-]c(-c2ccc3cc(-c4ccccc4)[se]c3n2)cc(C(C)(C)C)c1.[Ir]. The Labute approximate surface area is 222 Å². The van der Waals surface area contributed by atoms with Crippen LogP contribution in [0.15, 0.2) is 72.5 Å². The zero-order valence-electron chi connectivity index (χ0n) is 20.4. The fraction of sp³-hybridized carbons (Fsp3) is 0.241. The maximum Gasteiger partial charge on any atom is 0 e. The number of carbonyl (C=O) groups is 1. The number of aliphatic hydroxyl groups is 1. The molecule has 2 aromatic carbocycles. The molecule has 34 heavy (non-hydrogen) atoms. The molecule has 0 aliphatic heterocycles. The van der Waals surface area contributed by atoms with Gasteiger partial charge in [0.05, 0.1) is 5.76 Å². The Hall–Kier alpha value is -2.29. The van der Waals surface area contributed by atoms with Crippen molar-refractivity contribution in [1.29, 1.82) is 0 Å². The molecule has 4 aromatic rings. The molecule has 5 heteroatoms. The maximum atomic E-state index is 10.0. The van der Waals surface area contributed by atoms with Gasteiger partial charge in [0.2, 0.25) is 0 Å². The second-order valence-corrected chi connectivity index (χ2v) is 11.3. The zero-order valence-corrected chi connectivity index (χ0v) is 24.5. The first-order valence-electron chi connectivity index (χ1n) is 10.9. The van der Waals surface area contributed by atoms with Gasteiger partial charge in [-0.05, 0) is 13.8 Å². The molecule has 0 spiro atoms. The van der Waals surface area contributed by atoms with Gasteiger partial charge in [0.25, 0.3) is 0 Å². The summed E-state index contributed by atoms with van der Waals surface area (Å²) in [5, 5.41) is 9.62. The number of fused-ring (bicyclic) bond motifs is 1. The fourth-order valence-electron chi connectivity index (χ4n) is 3.39. The molecule has 0 amide bonds. The van der Waals surface area contributed by atoms with Crippen LogP contribution in [-0.2, 0) is 30.3 Å². The second kappa shape index (κ2) is 11.9. The number of rotatable bonds is 3. The molecule has 0 bridgehead atoms. The van der Waals surface area contributed by atoms with E-state index in [0.29, 0.717) is 0 Å². The van der Waals surface area contributed by atoms with Crippen molar-refractivity contribution in [2.24, 2.45) is 0 Å². The van der Waals surface area contributed by atoms with Crippen LogP contribution in [-0.4, -0.2) is 30.4 Å². The third-order valence-corrected chi connectivity index (χ3v) is 7.29. The average Bonchev–Trinajstić information content (AvgIpc) is 3.16. The van der Waals surface area contributed by atoms with Crippen molar-refractivity contribution in [3.63, 3.8) is 0 Å². The predicted molar refractivity (Wildman–Crippen MR) is 139 cm³/mol. The molecule has 0 saturated heterocycles. The van der Waals surface area contributed by atoms with E-state index in [2.05, 4.69) is 94.4 Å². The molecule has 4 rings (SSSR count). The normalized spacial score (nSPS) is 11.4. The minimum Gasteiger partial charge on any atom is 0 e. The number of allylic oxidation sites excluding steroid dienone is 2. The van der Waals surface area contributed by atoms with E-state index in [1.165, 1.54) is 50.8 Å². The van der Waals surface area contributed by atoms with Crippen LogP contribution in [0.2, 0.25) is 0 Å². The van der Waals surface area contributed by atoms with Crippen LogP contribution in [0.3, 0.4) is 0 Å². The molecular formula is C29H30IrNO2Se-. The summed E-state index contributed by atoms with van der Waals surface area (Å²) >= 11 is 0.253. The molecule has 179 valence electrons. The van der Waals surface area contributed by atoms with Crippen molar-refractivity contribution in [2.45, 2.75) is 47.0 Å².